The molecule has 1 saturated heterocycles. The Morgan fingerprint density at radius 2 is 2.18 bits per heavy atom. The monoisotopic (exact) mass is 325 g/mol. The Morgan fingerprint density at radius 3 is 2.95 bits per heavy atom. The first-order valence-electron chi connectivity index (χ1n) is 7.28. The molecule has 3 rings (SSSR count). The zero-order valence-electron chi connectivity index (χ0n) is 12.2. The van der Waals surface area contributed by atoms with Crippen molar-refractivity contribution in [2.75, 3.05) is 30.3 Å². The molecule has 2 heterocycles. The summed E-state index contributed by atoms with van der Waals surface area (Å²) >= 11 is 0. The second-order valence-electron chi connectivity index (χ2n) is 5.33. The summed E-state index contributed by atoms with van der Waals surface area (Å²) in [7, 11) is 0. The first-order valence-corrected chi connectivity index (χ1v) is 7.28. The van der Waals surface area contributed by atoms with Crippen molar-refractivity contribution in [3.8, 4) is 0 Å². The number of hydrogen-bond acceptors (Lipinski definition) is 4. The lowest BCUT2D eigenvalue weighted by atomic mass is 10.1. The first kappa shape index (κ1) is 16.7. The molecule has 0 saturated carbocycles. The Labute approximate surface area is 135 Å². The molecule has 2 aliphatic rings. The fourth-order valence-electron chi connectivity index (χ4n) is 2.61. The van der Waals surface area contributed by atoms with E-state index in [1.54, 1.807) is 6.07 Å². The highest BCUT2D eigenvalue weighted by Crippen LogP contribution is 2.25. The summed E-state index contributed by atoms with van der Waals surface area (Å²) in [6, 6.07) is 5.57. The molecule has 0 spiro atoms. The Morgan fingerprint density at radius 1 is 1.32 bits per heavy atom. The van der Waals surface area contributed by atoms with Crippen molar-refractivity contribution in [3.05, 3.63) is 23.8 Å². The van der Waals surface area contributed by atoms with Gasteiger partial charge in [-0.2, -0.15) is 0 Å². The molecule has 120 valence electrons. The molecule has 1 aromatic carbocycles. The second kappa shape index (κ2) is 7.58. The van der Waals surface area contributed by atoms with Crippen LogP contribution < -0.4 is 16.0 Å². The van der Waals surface area contributed by atoms with Gasteiger partial charge in [-0.3, -0.25) is 9.59 Å². The Bertz CT molecular complexity index is 559. The Kier molecular flexibility index (Phi) is 5.76. The average Bonchev–Trinajstić information content (AvgIpc) is 2.68. The van der Waals surface area contributed by atoms with E-state index in [0.717, 1.165) is 36.3 Å². The van der Waals surface area contributed by atoms with Crippen LogP contribution in [0.3, 0.4) is 0 Å². The molecule has 1 unspecified atom stereocenters. The number of aryl methyl sites for hydroxylation is 1. The fraction of sp³-hybridized carbons (Fsp3) is 0.467. The van der Waals surface area contributed by atoms with Crippen LogP contribution >= 0.6 is 12.4 Å². The van der Waals surface area contributed by atoms with E-state index in [1.807, 2.05) is 12.1 Å². The summed E-state index contributed by atoms with van der Waals surface area (Å²) in [5.41, 5.74) is 2.64. The third kappa shape index (κ3) is 3.97. The minimum Gasteiger partial charge on any atom is -0.366 e. The van der Waals surface area contributed by atoms with Crippen molar-refractivity contribution >= 4 is 35.6 Å². The summed E-state index contributed by atoms with van der Waals surface area (Å²) in [5.74, 6) is -0.0907. The van der Waals surface area contributed by atoms with Gasteiger partial charge >= 0.3 is 0 Å². The Balaban J connectivity index is 0.00000176. The third-order valence-electron chi connectivity index (χ3n) is 3.72. The van der Waals surface area contributed by atoms with E-state index in [1.165, 1.54) is 0 Å². The second-order valence-corrected chi connectivity index (χ2v) is 5.33. The number of carbonyl (C=O) groups excluding carboxylic acids is 2. The van der Waals surface area contributed by atoms with Gasteiger partial charge in [-0.25, -0.2) is 0 Å². The molecule has 6 nitrogen and oxygen atoms in total. The molecule has 1 aromatic rings. The summed E-state index contributed by atoms with van der Waals surface area (Å²) in [6.07, 6.45) is 1.75. The molecular weight excluding hydrogens is 306 g/mol. The minimum atomic E-state index is -0.447. The quantitative estimate of drug-likeness (QED) is 0.766. The number of hydrogen-bond donors (Lipinski definition) is 3. The van der Waals surface area contributed by atoms with Crippen LogP contribution in [0.25, 0.3) is 0 Å². The molecule has 0 aromatic heterocycles. The lowest BCUT2D eigenvalue weighted by Crippen LogP contribution is -2.45. The fourth-order valence-corrected chi connectivity index (χ4v) is 2.61. The number of rotatable bonds is 2. The molecule has 0 bridgehead atoms. The van der Waals surface area contributed by atoms with Gasteiger partial charge < -0.3 is 20.7 Å². The van der Waals surface area contributed by atoms with Crippen LogP contribution in [-0.4, -0.2) is 37.6 Å². The maximum Gasteiger partial charge on any atom is 0.254 e. The lowest BCUT2D eigenvalue weighted by Gasteiger charge is -2.22. The van der Waals surface area contributed by atoms with Gasteiger partial charge in [0.05, 0.1) is 6.61 Å². The predicted molar refractivity (Wildman–Crippen MR) is 86.5 cm³/mol. The van der Waals surface area contributed by atoms with Crippen molar-refractivity contribution in [1.82, 2.24) is 5.32 Å². The molecular formula is C15H20ClN3O3. The van der Waals surface area contributed by atoms with Crippen molar-refractivity contribution in [2.45, 2.75) is 25.4 Å². The van der Waals surface area contributed by atoms with Gasteiger partial charge in [-0.05, 0) is 36.6 Å². The zero-order valence-corrected chi connectivity index (χ0v) is 13.0. The van der Waals surface area contributed by atoms with Crippen LogP contribution in [-0.2, 0) is 20.7 Å². The van der Waals surface area contributed by atoms with Gasteiger partial charge in [0.15, 0.2) is 0 Å². The van der Waals surface area contributed by atoms with Crippen LogP contribution in [0.4, 0.5) is 11.4 Å². The van der Waals surface area contributed by atoms with Gasteiger partial charge in [-0.1, -0.05) is 0 Å². The normalized spacial score (nSPS) is 20.9. The number of ether oxygens (including phenoxy) is 1. The van der Waals surface area contributed by atoms with E-state index >= 15 is 0 Å². The van der Waals surface area contributed by atoms with Crippen molar-refractivity contribution in [1.29, 1.82) is 0 Å². The average molecular weight is 326 g/mol. The zero-order chi connectivity index (χ0) is 14.7. The SMILES string of the molecule is Cl.O=C1CCCc2cc(NC(=O)C3CNCCO3)ccc2N1. The summed E-state index contributed by atoms with van der Waals surface area (Å²) in [6.45, 7) is 1.86. The van der Waals surface area contributed by atoms with E-state index < -0.39 is 6.10 Å². The van der Waals surface area contributed by atoms with Gasteiger partial charge in [-0.15, -0.1) is 12.4 Å². The smallest absolute Gasteiger partial charge is 0.254 e. The molecule has 2 amide bonds. The predicted octanol–water partition coefficient (Wildman–Crippen LogP) is 1.31. The number of nitrogens with one attached hydrogen (secondary N) is 3. The summed E-state index contributed by atoms with van der Waals surface area (Å²) < 4.78 is 5.43. The van der Waals surface area contributed by atoms with Crippen molar-refractivity contribution in [3.63, 3.8) is 0 Å². The first-order chi connectivity index (χ1) is 10.2. The van der Waals surface area contributed by atoms with Gasteiger partial charge in [0.25, 0.3) is 5.91 Å². The molecule has 0 radical (unpaired) electrons. The largest absolute Gasteiger partial charge is 0.366 e. The number of fused-ring (bicyclic) bond motifs is 1. The molecule has 2 aliphatic heterocycles. The van der Waals surface area contributed by atoms with Crippen molar-refractivity contribution in [2.24, 2.45) is 0 Å². The molecule has 22 heavy (non-hydrogen) atoms. The summed E-state index contributed by atoms with van der Waals surface area (Å²) in [4.78, 5) is 23.6. The molecule has 1 atom stereocenters. The molecule has 1 fully saturated rings. The number of carbonyl (C=O) groups is 2. The number of halogens is 1. The van der Waals surface area contributed by atoms with Crippen molar-refractivity contribution < 1.29 is 14.3 Å². The maximum absolute atomic E-state index is 12.1. The molecule has 0 aliphatic carbocycles. The minimum absolute atomic E-state index is 0. The summed E-state index contributed by atoms with van der Waals surface area (Å²) in [5, 5.41) is 8.89. The van der Waals surface area contributed by atoms with Gasteiger partial charge in [0.1, 0.15) is 6.10 Å². The highest BCUT2D eigenvalue weighted by atomic mass is 35.5. The lowest BCUT2D eigenvalue weighted by molar-refractivity contribution is -0.128. The number of morpholine rings is 1. The number of benzene rings is 1. The number of amides is 2. The van der Waals surface area contributed by atoms with E-state index in [9.17, 15) is 9.59 Å². The van der Waals surface area contributed by atoms with Crippen LogP contribution in [0, 0.1) is 0 Å². The van der Waals surface area contributed by atoms with Crippen LogP contribution in [0.1, 0.15) is 18.4 Å². The van der Waals surface area contributed by atoms with E-state index in [2.05, 4.69) is 16.0 Å². The van der Waals surface area contributed by atoms with Crippen LogP contribution in [0.5, 0.6) is 0 Å². The topological polar surface area (TPSA) is 79.5 Å². The third-order valence-corrected chi connectivity index (χ3v) is 3.72. The highest BCUT2D eigenvalue weighted by Gasteiger charge is 2.22. The molecule has 7 heteroatoms. The number of anilines is 2. The van der Waals surface area contributed by atoms with Crippen LogP contribution in [0.2, 0.25) is 0 Å². The van der Waals surface area contributed by atoms with Gasteiger partial charge in [0.2, 0.25) is 5.91 Å². The Hall–Kier alpha value is -1.63. The van der Waals surface area contributed by atoms with Crippen LogP contribution in [0.15, 0.2) is 18.2 Å². The van der Waals surface area contributed by atoms with E-state index in [-0.39, 0.29) is 24.2 Å². The van der Waals surface area contributed by atoms with E-state index in [4.69, 9.17) is 4.74 Å². The standard InChI is InChI=1S/C15H19N3O3.ClH/c19-14-3-1-2-10-8-11(4-5-12(10)18-14)17-15(20)13-9-16-6-7-21-13;/h4-5,8,13,16H,1-3,6-7,9H2,(H,17,20)(H,18,19);1H. The van der Waals surface area contributed by atoms with Gasteiger partial charge in [0, 0.05) is 30.9 Å². The maximum atomic E-state index is 12.1. The molecule has 3 N–H and O–H groups in total. The van der Waals surface area contributed by atoms with E-state index in [0.29, 0.717) is 19.6 Å². The highest BCUT2D eigenvalue weighted by molar-refractivity contribution is 5.96.